The molecule has 0 radical (unpaired) electrons. The van der Waals surface area contributed by atoms with E-state index in [1.807, 2.05) is 20.8 Å². The number of benzene rings is 6. The summed E-state index contributed by atoms with van der Waals surface area (Å²) >= 11 is 6.44. The van der Waals surface area contributed by atoms with Crippen LogP contribution in [0.15, 0.2) is 143 Å². The summed E-state index contributed by atoms with van der Waals surface area (Å²) in [6.45, 7) is 6.94. The summed E-state index contributed by atoms with van der Waals surface area (Å²) in [6.07, 6.45) is 8.52. The fourth-order valence-electron chi connectivity index (χ4n) is 6.65. The van der Waals surface area contributed by atoms with Gasteiger partial charge in [0.1, 0.15) is 53.9 Å². The molecule has 550 valence electrons. The van der Waals surface area contributed by atoms with Crippen LogP contribution >= 0.6 is 31.9 Å². The Hall–Kier alpha value is -9.43. The van der Waals surface area contributed by atoms with Gasteiger partial charge in [-0.3, -0.25) is 43.2 Å². The van der Waals surface area contributed by atoms with Crippen molar-refractivity contribution in [1.82, 2.24) is 4.83 Å². The van der Waals surface area contributed by atoms with E-state index in [4.69, 9.17) is 60.2 Å². The van der Waals surface area contributed by atoms with Crippen molar-refractivity contribution in [2.45, 2.75) is 103 Å². The van der Waals surface area contributed by atoms with Gasteiger partial charge >= 0.3 is 29.8 Å². The molecule has 0 aliphatic carbocycles. The number of phenolic OH excluding ortho intramolecular Hbond substituents is 1. The van der Waals surface area contributed by atoms with Crippen LogP contribution in [0.5, 0.6) is 28.7 Å². The van der Waals surface area contributed by atoms with Gasteiger partial charge in [0.15, 0.2) is 0 Å². The number of carbonyl (C=O) groups is 9. The number of sulfonamides is 1. The molecular weight excluding hydrogens is 1460 g/mol. The standard InChI is InChI=1S/C18H20N2O5S.C12H14O5.C11H12O4.C8H8O3.C7H6O2.2C6H11BrO2.2CH4O/c1-14-4-10-17(11-5-14)26(23,24)20-19-13-15-6-8-16(9-7-15)25-12-2-3-18(21)22;13-7-9-3-4-11(10(6-9)8-14)17-5-1-2-12(15)16;12-8-9-3-5-10(6-4-9)15-7-1-2-11(13)14;9-4-6-1-2-8(11)7(3-6)5-10;8-5-6-1-3-7(9)4-2-6;2*1-2-9-6(8)4-3-5-7;2*1-2/h4-11,13,20H,2-3,12H2,1H3,(H,21,22);3-4,6-7,14H,1-2,5,8H2,(H,15,16);3-6,8H,1-2,7H2,(H,13,14);1-4,10-11H,5H2;1-5,9H;2*2-5H2,1H3;2*2H,1H3/b19-13-;;;;;;;;. The number of carbonyl (C=O) groups excluding carboxylic acids is 6. The highest BCUT2D eigenvalue weighted by Gasteiger charge is 2.12. The Bertz CT molecular complexity index is 3350. The van der Waals surface area contributed by atoms with E-state index in [9.17, 15) is 51.6 Å². The number of carboxylic acids is 3. The van der Waals surface area contributed by atoms with E-state index in [-0.39, 0.29) is 67.4 Å². The van der Waals surface area contributed by atoms with E-state index in [1.54, 1.807) is 91.0 Å². The number of aromatic hydroxyl groups is 2. The lowest BCUT2D eigenvalue weighted by molar-refractivity contribution is -0.144. The van der Waals surface area contributed by atoms with Gasteiger partial charge in [0.05, 0.1) is 57.4 Å². The molecule has 0 aromatic heterocycles. The third kappa shape index (κ3) is 50.0. The zero-order chi connectivity index (χ0) is 75.9. The molecule has 30 heteroatoms. The first kappa shape index (κ1) is 94.8. The summed E-state index contributed by atoms with van der Waals surface area (Å²) in [6, 6.07) is 35.1. The van der Waals surface area contributed by atoms with Gasteiger partial charge in [-0.1, -0.05) is 49.6 Å². The summed E-state index contributed by atoms with van der Waals surface area (Å²) < 4.78 is 49.6. The molecule has 0 fully saturated rings. The molecule has 0 aliphatic heterocycles. The monoisotopic (exact) mass is 1550 g/mol. The molecule has 6 aromatic carbocycles. The number of phenols is 2. The molecule has 0 saturated carbocycles. The van der Waals surface area contributed by atoms with Gasteiger partial charge in [-0.15, -0.1) is 0 Å². The summed E-state index contributed by atoms with van der Waals surface area (Å²) in [4.78, 5) is 95.5. The van der Waals surface area contributed by atoms with Crippen molar-refractivity contribution >= 4 is 103 Å². The molecule has 0 aliphatic rings. The van der Waals surface area contributed by atoms with Crippen LogP contribution in [0.3, 0.4) is 0 Å². The quantitative estimate of drug-likeness (QED) is 0.00457. The maximum absolute atomic E-state index is 12.1. The first-order chi connectivity index (χ1) is 48.0. The number of aryl methyl sites for hydroxylation is 1. The fraction of sp³-hybridized carbons (Fsp3) is 0.343. The van der Waals surface area contributed by atoms with Crippen LogP contribution in [0.4, 0.5) is 0 Å². The Labute approximate surface area is 598 Å². The Morgan fingerprint density at radius 2 is 0.850 bits per heavy atom. The minimum Gasteiger partial charge on any atom is -0.508 e. The fourth-order valence-corrected chi connectivity index (χ4v) is 8.00. The maximum atomic E-state index is 12.1. The predicted molar refractivity (Wildman–Crippen MR) is 381 cm³/mol. The van der Waals surface area contributed by atoms with Gasteiger partial charge in [0.2, 0.25) is 0 Å². The van der Waals surface area contributed by atoms with Crippen molar-refractivity contribution in [3.8, 4) is 28.7 Å². The number of carboxylic acid groups (broad SMARTS) is 3. The number of halogens is 2. The van der Waals surface area contributed by atoms with Gasteiger partial charge in [0, 0.05) is 90.4 Å². The molecule has 0 unspecified atom stereocenters. The summed E-state index contributed by atoms with van der Waals surface area (Å²) in [5.41, 5.74) is 4.63. The molecule has 100 heavy (non-hydrogen) atoms. The number of ether oxygens (including phenoxy) is 5. The van der Waals surface area contributed by atoms with Crippen LogP contribution < -0.4 is 19.0 Å². The molecule has 0 spiro atoms. The normalized spacial score (nSPS) is 9.71. The van der Waals surface area contributed by atoms with Gasteiger partial charge in [-0.05, 0) is 180 Å². The van der Waals surface area contributed by atoms with E-state index >= 15 is 0 Å². The smallest absolute Gasteiger partial charge is 0.305 e. The zero-order valence-corrected chi connectivity index (χ0v) is 60.2. The molecule has 0 atom stereocenters. The number of aliphatic hydroxyl groups excluding tert-OH is 4. The van der Waals surface area contributed by atoms with Crippen molar-refractivity contribution in [1.29, 1.82) is 0 Å². The third-order valence-corrected chi connectivity index (χ3v) is 13.8. The number of aldehydes is 4. The highest BCUT2D eigenvalue weighted by Crippen LogP contribution is 2.21. The maximum Gasteiger partial charge on any atom is 0.305 e. The Balaban J connectivity index is -0.00000113. The van der Waals surface area contributed by atoms with Crippen LogP contribution in [0.25, 0.3) is 0 Å². The number of hydrogen-bond acceptors (Lipinski definition) is 23. The lowest BCUT2D eigenvalue weighted by Gasteiger charge is -2.09. The summed E-state index contributed by atoms with van der Waals surface area (Å²) in [5.74, 6) is -0.828. The molecule has 0 bridgehead atoms. The predicted octanol–water partition coefficient (Wildman–Crippen LogP) is 10.1. The minimum absolute atomic E-state index is 0.0121. The second-order valence-electron chi connectivity index (χ2n) is 19.2. The largest absolute Gasteiger partial charge is 0.508 e. The number of hydrogen-bond donors (Lipinski definition) is 10. The molecule has 0 heterocycles. The highest BCUT2D eigenvalue weighted by atomic mass is 79.9. The van der Waals surface area contributed by atoms with Crippen molar-refractivity contribution < 1.29 is 121 Å². The number of hydrazone groups is 1. The number of alkyl halides is 2. The zero-order valence-electron chi connectivity index (χ0n) is 56.2. The Morgan fingerprint density at radius 3 is 1.23 bits per heavy atom. The van der Waals surface area contributed by atoms with Crippen molar-refractivity contribution in [2.24, 2.45) is 5.10 Å². The molecular formula is C70H90Br2N2O25S. The molecule has 27 nitrogen and oxygen atoms in total. The van der Waals surface area contributed by atoms with Gasteiger partial charge in [-0.25, -0.2) is 4.83 Å². The number of esters is 2. The highest BCUT2D eigenvalue weighted by molar-refractivity contribution is 9.09. The topological polar surface area (TPSA) is 440 Å². The average molecular weight is 1550 g/mol. The second kappa shape index (κ2) is 61.9. The number of nitrogens with one attached hydrogen (secondary N) is 1. The molecule has 0 amide bonds. The lowest BCUT2D eigenvalue weighted by Crippen LogP contribution is -2.18. The van der Waals surface area contributed by atoms with Crippen LogP contribution in [0, 0.1) is 6.92 Å². The Morgan fingerprint density at radius 1 is 0.480 bits per heavy atom. The van der Waals surface area contributed by atoms with Gasteiger partial charge < -0.3 is 69.6 Å². The van der Waals surface area contributed by atoms with Crippen LogP contribution in [-0.4, -0.2) is 173 Å². The van der Waals surface area contributed by atoms with E-state index in [0.29, 0.717) is 127 Å². The number of nitrogens with zero attached hydrogens (tertiary/aromatic N) is 1. The first-order valence-corrected chi connectivity index (χ1v) is 34.2. The molecule has 6 rings (SSSR count). The first-order valence-electron chi connectivity index (χ1n) is 30.4. The van der Waals surface area contributed by atoms with E-state index < -0.39 is 27.9 Å². The molecule has 0 saturated heterocycles. The van der Waals surface area contributed by atoms with Crippen molar-refractivity contribution in [3.05, 3.63) is 178 Å². The lowest BCUT2D eigenvalue weighted by atomic mass is 10.1. The van der Waals surface area contributed by atoms with E-state index in [1.165, 1.54) is 48.7 Å². The van der Waals surface area contributed by atoms with Gasteiger partial charge in [0.25, 0.3) is 10.0 Å². The summed E-state index contributed by atoms with van der Waals surface area (Å²) in [7, 11) is -1.70. The van der Waals surface area contributed by atoms with Crippen LogP contribution in [0.1, 0.15) is 142 Å². The average Bonchev–Trinajstić information content (AvgIpc) is 0.927. The van der Waals surface area contributed by atoms with Crippen LogP contribution in [0.2, 0.25) is 0 Å². The van der Waals surface area contributed by atoms with E-state index in [0.717, 1.165) is 55.9 Å². The number of rotatable bonds is 33. The minimum atomic E-state index is -3.70. The number of aliphatic carboxylic acids is 3. The van der Waals surface area contributed by atoms with Gasteiger partial charge in [-0.2, -0.15) is 13.5 Å². The Kier molecular flexibility index (Phi) is 58.6. The third-order valence-electron chi connectivity index (χ3n) is 11.5. The second-order valence-corrected chi connectivity index (χ2v) is 22.4. The summed E-state index contributed by atoms with van der Waals surface area (Å²) in [5, 5.41) is 80.4. The molecule has 10 N–H and O–H groups in total. The SMILES string of the molecule is CCOC(=O)CCCBr.CCOC(=O)CCCBr.CO.CO.Cc1ccc(S(=O)(=O)N/N=C\c2ccc(OCCCC(=O)O)cc2)cc1.O=Cc1ccc(O)c(CO)c1.O=Cc1ccc(O)cc1.O=Cc1ccc(OCCCC(=O)O)c(CO)c1.O=Cc1ccc(OCCCC(=O)O)cc1. The van der Waals surface area contributed by atoms with E-state index in [2.05, 4.69) is 51.3 Å². The van der Waals surface area contributed by atoms with Crippen molar-refractivity contribution in [2.75, 3.05) is 57.9 Å². The molecule has 6 aromatic rings. The van der Waals surface area contributed by atoms with Crippen LogP contribution in [-0.2, 0) is 56.7 Å². The number of aliphatic hydroxyl groups is 4. The van der Waals surface area contributed by atoms with Crippen molar-refractivity contribution in [3.63, 3.8) is 0 Å².